The lowest BCUT2D eigenvalue weighted by molar-refractivity contribution is -0.121. The standard InChI is InChI=1S/C22H28N2O3/c1-3-24(4-2)15-19-7-5-18(6-8-19)14-23-22(25)12-10-17-9-11-20-21(13-17)27-16-26-20/h5-9,11,13H,3-4,10,12,14-16H2,1-2H3,(H,23,25). The summed E-state index contributed by atoms with van der Waals surface area (Å²) in [6, 6.07) is 14.3. The van der Waals surface area contributed by atoms with Gasteiger partial charge in [0.1, 0.15) is 0 Å². The van der Waals surface area contributed by atoms with Crippen LogP contribution in [0.25, 0.3) is 0 Å². The van der Waals surface area contributed by atoms with Crippen LogP contribution in [0.5, 0.6) is 11.5 Å². The van der Waals surface area contributed by atoms with E-state index in [9.17, 15) is 4.79 Å². The highest BCUT2D eigenvalue weighted by Crippen LogP contribution is 2.32. The van der Waals surface area contributed by atoms with Crippen molar-refractivity contribution in [3.05, 3.63) is 59.2 Å². The van der Waals surface area contributed by atoms with Gasteiger partial charge in [-0.3, -0.25) is 9.69 Å². The molecule has 0 fully saturated rings. The molecular weight excluding hydrogens is 340 g/mol. The van der Waals surface area contributed by atoms with Crippen LogP contribution < -0.4 is 14.8 Å². The molecule has 0 unspecified atom stereocenters. The normalized spacial score (nSPS) is 12.4. The number of fused-ring (bicyclic) bond motifs is 1. The molecule has 0 atom stereocenters. The first-order valence-corrected chi connectivity index (χ1v) is 9.63. The lowest BCUT2D eigenvalue weighted by Crippen LogP contribution is -2.23. The van der Waals surface area contributed by atoms with Crippen LogP contribution in [0, 0.1) is 0 Å². The molecule has 1 aliphatic heterocycles. The summed E-state index contributed by atoms with van der Waals surface area (Å²) in [4.78, 5) is 14.5. The molecule has 0 saturated carbocycles. The number of hydrogen-bond acceptors (Lipinski definition) is 4. The number of nitrogens with zero attached hydrogens (tertiary/aromatic N) is 1. The van der Waals surface area contributed by atoms with E-state index in [1.54, 1.807) is 0 Å². The van der Waals surface area contributed by atoms with E-state index in [1.807, 2.05) is 18.2 Å². The van der Waals surface area contributed by atoms with E-state index in [0.717, 1.165) is 42.3 Å². The molecule has 1 N–H and O–H groups in total. The van der Waals surface area contributed by atoms with E-state index in [2.05, 4.69) is 48.3 Å². The SMILES string of the molecule is CCN(CC)Cc1ccc(CNC(=O)CCc2ccc3c(c2)OCO3)cc1. The van der Waals surface area contributed by atoms with Crippen molar-refractivity contribution in [2.75, 3.05) is 19.9 Å². The molecule has 144 valence electrons. The van der Waals surface area contributed by atoms with Gasteiger partial charge in [0.05, 0.1) is 0 Å². The van der Waals surface area contributed by atoms with Gasteiger partial charge < -0.3 is 14.8 Å². The van der Waals surface area contributed by atoms with E-state index < -0.39 is 0 Å². The Kier molecular flexibility index (Phi) is 6.71. The number of carbonyl (C=O) groups excluding carboxylic acids is 1. The highest BCUT2D eigenvalue weighted by atomic mass is 16.7. The van der Waals surface area contributed by atoms with Gasteiger partial charge in [-0.2, -0.15) is 0 Å². The van der Waals surface area contributed by atoms with Crippen molar-refractivity contribution in [1.82, 2.24) is 10.2 Å². The third kappa shape index (κ3) is 5.47. The molecule has 0 aliphatic carbocycles. The van der Waals surface area contributed by atoms with E-state index >= 15 is 0 Å². The summed E-state index contributed by atoms with van der Waals surface area (Å²) in [5.74, 6) is 1.59. The summed E-state index contributed by atoms with van der Waals surface area (Å²) in [6.45, 7) is 8.26. The lowest BCUT2D eigenvalue weighted by atomic mass is 10.1. The molecule has 5 heteroatoms. The molecule has 1 amide bonds. The number of nitrogens with one attached hydrogen (secondary N) is 1. The summed E-state index contributed by atoms with van der Waals surface area (Å²) in [5, 5.41) is 3.00. The van der Waals surface area contributed by atoms with Crippen LogP contribution in [-0.4, -0.2) is 30.7 Å². The maximum Gasteiger partial charge on any atom is 0.231 e. The predicted molar refractivity (Wildman–Crippen MR) is 106 cm³/mol. The second-order valence-electron chi connectivity index (χ2n) is 6.74. The van der Waals surface area contributed by atoms with Gasteiger partial charge >= 0.3 is 0 Å². The van der Waals surface area contributed by atoms with Crippen LogP contribution in [0.15, 0.2) is 42.5 Å². The first kappa shape index (κ1) is 19.2. The zero-order chi connectivity index (χ0) is 19.1. The van der Waals surface area contributed by atoms with Crippen molar-refractivity contribution in [2.45, 2.75) is 39.8 Å². The molecule has 1 heterocycles. The zero-order valence-corrected chi connectivity index (χ0v) is 16.2. The highest BCUT2D eigenvalue weighted by Gasteiger charge is 2.13. The third-order valence-corrected chi connectivity index (χ3v) is 4.89. The fourth-order valence-electron chi connectivity index (χ4n) is 3.11. The summed E-state index contributed by atoms with van der Waals surface area (Å²) >= 11 is 0. The van der Waals surface area contributed by atoms with Crippen molar-refractivity contribution in [3.8, 4) is 11.5 Å². The number of benzene rings is 2. The molecule has 2 aromatic carbocycles. The molecule has 0 spiro atoms. The summed E-state index contributed by atoms with van der Waals surface area (Å²) < 4.78 is 10.7. The molecule has 3 rings (SSSR count). The number of rotatable bonds is 9. The molecule has 0 aromatic heterocycles. The Morgan fingerprint density at radius 2 is 1.63 bits per heavy atom. The van der Waals surface area contributed by atoms with E-state index in [4.69, 9.17) is 9.47 Å². The Hall–Kier alpha value is -2.53. The lowest BCUT2D eigenvalue weighted by Gasteiger charge is -2.18. The van der Waals surface area contributed by atoms with Crippen LogP contribution in [0.3, 0.4) is 0 Å². The molecule has 0 saturated heterocycles. The van der Waals surface area contributed by atoms with Gasteiger partial charge in [0, 0.05) is 19.5 Å². The minimum Gasteiger partial charge on any atom is -0.454 e. The fourth-order valence-corrected chi connectivity index (χ4v) is 3.11. The predicted octanol–water partition coefficient (Wildman–Crippen LogP) is 3.51. The molecule has 0 radical (unpaired) electrons. The van der Waals surface area contributed by atoms with Gasteiger partial charge in [-0.05, 0) is 48.3 Å². The second kappa shape index (κ2) is 9.42. The highest BCUT2D eigenvalue weighted by molar-refractivity contribution is 5.76. The van der Waals surface area contributed by atoms with Gasteiger partial charge in [0.15, 0.2) is 11.5 Å². The fraction of sp³-hybridized carbons (Fsp3) is 0.409. The van der Waals surface area contributed by atoms with Crippen molar-refractivity contribution < 1.29 is 14.3 Å². The average Bonchev–Trinajstić information content (AvgIpc) is 3.17. The van der Waals surface area contributed by atoms with Gasteiger partial charge in [-0.1, -0.05) is 44.2 Å². The number of hydrogen-bond donors (Lipinski definition) is 1. The summed E-state index contributed by atoms with van der Waals surface area (Å²) in [6.07, 6.45) is 1.14. The number of amides is 1. The summed E-state index contributed by atoms with van der Waals surface area (Å²) in [5.41, 5.74) is 3.50. The monoisotopic (exact) mass is 368 g/mol. The maximum absolute atomic E-state index is 12.1. The van der Waals surface area contributed by atoms with Crippen LogP contribution in [0.2, 0.25) is 0 Å². The van der Waals surface area contributed by atoms with Crippen molar-refractivity contribution in [1.29, 1.82) is 0 Å². The summed E-state index contributed by atoms with van der Waals surface area (Å²) in [7, 11) is 0. The van der Waals surface area contributed by atoms with Gasteiger partial charge in [-0.25, -0.2) is 0 Å². The first-order chi connectivity index (χ1) is 13.2. The van der Waals surface area contributed by atoms with E-state index in [0.29, 0.717) is 19.4 Å². The average molecular weight is 368 g/mol. The smallest absolute Gasteiger partial charge is 0.231 e. The van der Waals surface area contributed by atoms with Crippen molar-refractivity contribution >= 4 is 5.91 Å². The Labute approximate surface area is 161 Å². The van der Waals surface area contributed by atoms with Crippen LogP contribution >= 0.6 is 0 Å². The van der Waals surface area contributed by atoms with Crippen LogP contribution in [0.4, 0.5) is 0 Å². The first-order valence-electron chi connectivity index (χ1n) is 9.63. The van der Waals surface area contributed by atoms with Gasteiger partial charge in [-0.15, -0.1) is 0 Å². The molecule has 5 nitrogen and oxygen atoms in total. The third-order valence-electron chi connectivity index (χ3n) is 4.89. The molecule has 1 aliphatic rings. The molecule has 2 aromatic rings. The zero-order valence-electron chi connectivity index (χ0n) is 16.2. The Morgan fingerprint density at radius 3 is 2.37 bits per heavy atom. The quantitative estimate of drug-likeness (QED) is 0.736. The van der Waals surface area contributed by atoms with E-state index in [1.165, 1.54) is 5.56 Å². The number of carbonyl (C=O) groups is 1. The van der Waals surface area contributed by atoms with E-state index in [-0.39, 0.29) is 12.7 Å². The number of aryl methyl sites for hydroxylation is 1. The van der Waals surface area contributed by atoms with Crippen LogP contribution in [0.1, 0.15) is 37.0 Å². The largest absolute Gasteiger partial charge is 0.454 e. The molecule has 0 bridgehead atoms. The molecular formula is C22H28N2O3. The topological polar surface area (TPSA) is 50.8 Å². The Balaban J connectivity index is 1.42. The van der Waals surface area contributed by atoms with Gasteiger partial charge in [0.25, 0.3) is 0 Å². The van der Waals surface area contributed by atoms with Gasteiger partial charge in [0.2, 0.25) is 12.7 Å². The second-order valence-corrected chi connectivity index (χ2v) is 6.74. The van der Waals surface area contributed by atoms with Crippen molar-refractivity contribution in [2.24, 2.45) is 0 Å². The maximum atomic E-state index is 12.1. The van der Waals surface area contributed by atoms with Crippen LogP contribution in [-0.2, 0) is 24.3 Å². The Morgan fingerprint density at radius 1 is 0.963 bits per heavy atom. The molecule has 27 heavy (non-hydrogen) atoms. The van der Waals surface area contributed by atoms with Crippen molar-refractivity contribution in [3.63, 3.8) is 0 Å². The Bertz CT molecular complexity index is 755. The minimum absolute atomic E-state index is 0.0554. The minimum atomic E-state index is 0.0554. The number of ether oxygens (including phenoxy) is 2.